The molecule has 0 saturated carbocycles. The molecule has 11 heteroatoms. The summed E-state index contributed by atoms with van der Waals surface area (Å²) in [4.78, 5) is 28.1. The Labute approximate surface area is 291 Å². The van der Waals surface area contributed by atoms with Gasteiger partial charge >= 0.3 is 0 Å². The van der Waals surface area contributed by atoms with Crippen LogP contribution in [0.25, 0.3) is 22.3 Å². The van der Waals surface area contributed by atoms with Gasteiger partial charge in [-0.3, -0.25) is 9.59 Å². The molecule has 0 radical (unpaired) electrons. The number of rotatable bonds is 7. The lowest BCUT2D eigenvalue weighted by atomic mass is 9.65. The number of phenolic OH excluding ortho intramolecular Hbond substituents is 8. The van der Waals surface area contributed by atoms with Crippen molar-refractivity contribution in [2.45, 2.75) is 45.4 Å². The summed E-state index contributed by atoms with van der Waals surface area (Å²) in [5.41, 5.74) is 0.731. The molecule has 1 aliphatic carbocycles. The van der Waals surface area contributed by atoms with E-state index in [-0.39, 0.29) is 80.4 Å². The van der Waals surface area contributed by atoms with Crippen LogP contribution in [0.5, 0.6) is 46.0 Å². The van der Waals surface area contributed by atoms with Gasteiger partial charge in [-0.2, -0.15) is 0 Å². The molecule has 0 saturated heterocycles. The SMILES string of the molecule is CC(C)=CCc1c(O)ccc(C(=O)[C@@H]2[C@@H](c3ccc(O)cc3O)CC(C)=C[C@H]2c2c(O)cc3c(=O)cc(-c4ccc(O)cc4O)oc3c2O)c1O. The second-order valence-electron chi connectivity index (χ2n) is 13.1. The van der Waals surface area contributed by atoms with E-state index in [4.69, 9.17) is 4.42 Å². The molecule has 0 spiro atoms. The van der Waals surface area contributed by atoms with E-state index in [2.05, 4.69) is 0 Å². The van der Waals surface area contributed by atoms with E-state index < -0.39 is 52.0 Å². The zero-order chi connectivity index (χ0) is 36.9. The van der Waals surface area contributed by atoms with Gasteiger partial charge in [0.2, 0.25) is 0 Å². The van der Waals surface area contributed by atoms with Crippen LogP contribution < -0.4 is 5.43 Å². The Bertz CT molecular complexity index is 2340. The summed E-state index contributed by atoms with van der Waals surface area (Å²) >= 11 is 0. The number of hydrogen-bond acceptors (Lipinski definition) is 11. The smallest absolute Gasteiger partial charge is 0.193 e. The first-order chi connectivity index (χ1) is 24.2. The Morgan fingerprint density at radius 2 is 1.49 bits per heavy atom. The molecule has 0 unspecified atom stereocenters. The van der Waals surface area contributed by atoms with Crippen LogP contribution in [0.1, 0.15) is 66.1 Å². The Kier molecular flexibility index (Phi) is 8.90. The Morgan fingerprint density at radius 1 is 0.804 bits per heavy atom. The second-order valence-corrected chi connectivity index (χ2v) is 13.1. The average molecular weight is 693 g/mol. The number of benzene rings is 4. The third-order valence-electron chi connectivity index (χ3n) is 9.37. The van der Waals surface area contributed by atoms with E-state index in [1.807, 2.05) is 13.8 Å². The van der Waals surface area contributed by atoms with Crippen molar-refractivity contribution < 1.29 is 50.1 Å². The fourth-order valence-corrected chi connectivity index (χ4v) is 6.94. The molecule has 0 fully saturated rings. The Morgan fingerprint density at radius 3 is 2.16 bits per heavy atom. The molecule has 1 aromatic heterocycles. The van der Waals surface area contributed by atoms with Gasteiger partial charge in [-0.1, -0.05) is 29.4 Å². The number of fused-ring (bicyclic) bond motifs is 1. The number of hydrogen-bond donors (Lipinski definition) is 8. The maximum atomic E-state index is 14.8. The summed E-state index contributed by atoms with van der Waals surface area (Å²) in [5.74, 6) is -7.00. The maximum absolute atomic E-state index is 14.8. The number of Topliss-reactive ketones (excluding diaryl/α,β-unsaturated/α-hetero) is 1. The molecule has 4 aromatic carbocycles. The lowest BCUT2D eigenvalue weighted by Gasteiger charge is -2.37. The van der Waals surface area contributed by atoms with Crippen molar-refractivity contribution in [2.24, 2.45) is 5.92 Å². The molecule has 5 aromatic rings. The standard InChI is InChI=1S/C40H36O11/c1-18(2)4-7-24-29(43)11-10-25(37(24)48)38(49)35-26(22-8-5-20(41)14-30(22)44)12-19(3)13-28(35)36-33(47)16-27-32(46)17-34(51-40(27)39(36)50)23-9-6-21(42)15-31(23)45/h4-6,8-11,13-17,26,28,35,41-45,47-48,50H,7,12H2,1-3H3/t26-,28-,35-/m1/s1. The van der Waals surface area contributed by atoms with Crippen molar-refractivity contribution >= 4 is 16.8 Å². The van der Waals surface area contributed by atoms with E-state index in [9.17, 15) is 50.4 Å². The molecule has 1 aliphatic rings. The first-order valence-corrected chi connectivity index (χ1v) is 16.1. The van der Waals surface area contributed by atoms with E-state index in [1.165, 1.54) is 36.4 Å². The Balaban J connectivity index is 1.60. The highest BCUT2D eigenvalue weighted by atomic mass is 16.4. The van der Waals surface area contributed by atoms with Gasteiger partial charge in [-0.25, -0.2) is 0 Å². The molecule has 0 bridgehead atoms. The third kappa shape index (κ3) is 6.29. The zero-order valence-corrected chi connectivity index (χ0v) is 27.9. The van der Waals surface area contributed by atoms with Crippen molar-refractivity contribution in [3.8, 4) is 57.3 Å². The van der Waals surface area contributed by atoms with Gasteiger partial charge < -0.3 is 45.3 Å². The number of carbonyl (C=O) groups excluding carboxylic acids is 1. The molecule has 0 amide bonds. The van der Waals surface area contributed by atoms with Crippen LogP contribution in [0.15, 0.2) is 93.2 Å². The summed E-state index contributed by atoms with van der Waals surface area (Å²) < 4.78 is 5.96. The number of carbonyl (C=O) groups is 1. The zero-order valence-electron chi connectivity index (χ0n) is 27.9. The van der Waals surface area contributed by atoms with Crippen LogP contribution in [0.2, 0.25) is 0 Å². The monoisotopic (exact) mass is 692 g/mol. The van der Waals surface area contributed by atoms with Gasteiger partial charge in [0.1, 0.15) is 46.0 Å². The molecular weight excluding hydrogens is 656 g/mol. The van der Waals surface area contributed by atoms with E-state index in [0.29, 0.717) is 5.57 Å². The van der Waals surface area contributed by atoms with Gasteiger partial charge in [-0.15, -0.1) is 0 Å². The highest BCUT2D eigenvalue weighted by Gasteiger charge is 2.44. The minimum Gasteiger partial charge on any atom is -0.508 e. The predicted molar refractivity (Wildman–Crippen MR) is 189 cm³/mol. The molecule has 3 atom stereocenters. The molecule has 51 heavy (non-hydrogen) atoms. The van der Waals surface area contributed by atoms with E-state index >= 15 is 0 Å². The van der Waals surface area contributed by atoms with Gasteiger partial charge in [-0.05, 0) is 75.6 Å². The number of phenols is 8. The van der Waals surface area contributed by atoms with Crippen molar-refractivity contribution in [3.63, 3.8) is 0 Å². The summed E-state index contributed by atoms with van der Waals surface area (Å²) in [5, 5.41) is 86.4. The first-order valence-electron chi connectivity index (χ1n) is 16.1. The summed E-state index contributed by atoms with van der Waals surface area (Å²) in [6, 6.07) is 12.4. The maximum Gasteiger partial charge on any atom is 0.193 e. The second kappa shape index (κ2) is 13.2. The molecule has 11 nitrogen and oxygen atoms in total. The van der Waals surface area contributed by atoms with Gasteiger partial charge in [0.15, 0.2) is 22.5 Å². The van der Waals surface area contributed by atoms with Crippen LogP contribution in [0.4, 0.5) is 0 Å². The Hall–Kier alpha value is -6.36. The highest BCUT2D eigenvalue weighted by molar-refractivity contribution is 6.03. The van der Waals surface area contributed by atoms with Gasteiger partial charge in [0.25, 0.3) is 0 Å². The average Bonchev–Trinajstić information content (AvgIpc) is 3.04. The van der Waals surface area contributed by atoms with Crippen molar-refractivity contribution in [1.29, 1.82) is 0 Å². The van der Waals surface area contributed by atoms with Crippen LogP contribution in [0.3, 0.4) is 0 Å². The van der Waals surface area contributed by atoms with Crippen molar-refractivity contribution in [1.82, 2.24) is 0 Å². The van der Waals surface area contributed by atoms with Gasteiger partial charge in [0, 0.05) is 47.1 Å². The fourth-order valence-electron chi connectivity index (χ4n) is 6.94. The normalized spacial score (nSPS) is 17.2. The third-order valence-corrected chi connectivity index (χ3v) is 9.37. The number of allylic oxidation sites excluding steroid dienone is 4. The van der Waals surface area contributed by atoms with Gasteiger partial charge in [0.05, 0.1) is 16.5 Å². The van der Waals surface area contributed by atoms with Crippen LogP contribution in [-0.4, -0.2) is 46.6 Å². The molecular formula is C40H36O11. The lowest BCUT2D eigenvalue weighted by Crippen LogP contribution is -2.32. The van der Waals surface area contributed by atoms with E-state index in [0.717, 1.165) is 29.8 Å². The van der Waals surface area contributed by atoms with Crippen LogP contribution in [-0.2, 0) is 6.42 Å². The summed E-state index contributed by atoms with van der Waals surface area (Å²) in [7, 11) is 0. The summed E-state index contributed by atoms with van der Waals surface area (Å²) in [6.45, 7) is 5.47. The molecule has 8 N–H and O–H groups in total. The van der Waals surface area contributed by atoms with Crippen molar-refractivity contribution in [3.05, 3.63) is 116 Å². The minimum atomic E-state index is -1.22. The largest absolute Gasteiger partial charge is 0.508 e. The molecule has 262 valence electrons. The van der Waals surface area contributed by atoms with Crippen LogP contribution >= 0.6 is 0 Å². The first kappa shape index (κ1) is 34.5. The molecule has 0 aliphatic heterocycles. The molecule has 6 rings (SSSR count). The quantitative estimate of drug-likeness (QED) is 0.0625. The van der Waals surface area contributed by atoms with E-state index in [1.54, 1.807) is 19.1 Å². The number of aromatic hydroxyl groups is 8. The summed E-state index contributed by atoms with van der Waals surface area (Å²) in [6.07, 6.45) is 3.80. The van der Waals surface area contributed by atoms with Crippen LogP contribution in [0, 0.1) is 5.92 Å². The lowest BCUT2D eigenvalue weighted by molar-refractivity contribution is 0.0876. The highest BCUT2D eigenvalue weighted by Crippen LogP contribution is 2.54. The predicted octanol–water partition coefficient (Wildman–Crippen LogP) is 7.33. The fraction of sp³-hybridized carbons (Fsp3) is 0.200. The topological polar surface area (TPSA) is 209 Å². The van der Waals surface area contributed by atoms with Crippen molar-refractivity contribution in [2.75, 3.05) is 0 Å². The minimum absolute atomic E-state index is 0.0388. The number of ketones is 1. The molecule has 1 heterocycles.